The van der Waals surface area contributed by atoms with E-state index in [2.05, 4.69) is 10.2 Å². The summed E-state index contributed by atoms with van der Waals surface area (Å²) in [6.07, 6.45) is 3.97. The van der Waals surface area contributed by atoms with E-state index in [1.807, 2.05) is 11.8 Å². The van der Waals surface area contributed by atoms with Gasteiger partial charge in [0.2, 0.25) is 0 Å². The van der Waals surface area contributed by atoms with Crippen LogP contribution < -0.4 is 5.73 Å². The SMILES string of the molecule is CCc1[nH]nc(C(=O)N(CC2CCOC2)C2CC2)c1N. The molecule has 1 aliphatic heterocycles. The van der Waals surface area contributed by atoms with E-state index in [-0.39, 0.29) is 5.91 Å². The molecule has 1 unspecified atom stereocenters. The number of ether oxygens (including phenoxy) is 1. The van der Waals surface area contributed by atoms with Crippen LogP contribution in [-0.2, 0) is 11.2 Å². The molecule has 1 amide bonds. The molecule has 20 heavy (non-hydrogen) atoms. The van der Waals surface area contributed by atoms with Gasteiger partial charge in [0.15, 0.2) is 5.69 Å². The highest BCUT2D eigenvalue weighted by Gasteiger charge is 2.36. The Morgan fingerprint density at radius 1 is 1.50 bits per heavy atom. The molecule has 3 N–H and O–H groups in total. The van der Waals surface area contributed by atoms with Crippen LogP contribution in [0.4, 0.5) is 5.69 Å². The van der Waals surface area contributed by atoms with Gasteiger partial charge in [0.05, 0.1) is 18.0 Å². The largest absolute Gasteiger partial charge is 0.395 e. The number of anilines is 1. The van der Waals surface area contributed by atoms with Gasteiger partial charge in [-0.15, -0.1) is 0 Å². The fourth-order valence-electron chi connectivity index (χ4n) is 2.74. The van der Waals surface area contributed by atoms with Crippen molar-refractivity contribution in [2.24, 2.45) is 5.92 Å². The summed E-state index contributed by atoms with van der Waals surface area (Å²) in [6.45, 7) is 4.32. The maximum atomic E-state index is 12.7. The molecular formula is C14H22N4O2. The number of amides is 1. The van der Waals surface area contributed by atoms with Crippen molar-refractivity contribution in [2.75, 3.05) is 25.5 Å². The van der Waals surface area contributed by atoms with Gasteiger partial charge in [-0.05, 0) is 25.7 Å². The minimum absolute atomic E-state index is 0.0344. The Bertz CT molecular complexity index is 489. The third-order valence-corrected chi connectivity index (χ3v) is 4.17. The summed E-state index contributed by atoms with van der Waals surface area (Å²) in [5, 5.41) is 6.98. The molecule has 0 spiro atoms. The molecular weight excluding hydrogens is 256 g/mol. The summed E-state index contributed by atoms with van der Waals surface area (Å²) in [7, 11) is 0. The molecule has 1 saturated heterocycles. The Balaban J connectivity index is 1.75. The molecule has 1 aliphatic carbocycles. The zero-order valence-corrected chi connectivity index (χ0v) is 11.9. The third kappa shape index (κ3) is 2.52. The summed E-state index contributed by atoms with van der Waals surface area (Å²) in [5.74, 6) is 0.415. The molecule has 6 heteroatoms. The van der Waals surface area contributed by atoms with Crippen LogP contribution in [0.25, 0.3) is 0 Å². The Morgan fingerprint density at radius 2 is 2.30 bits per heavy atom. The van der Waals surface area contributed by atoms with Gasteiger partial charge in [0.1, 0.15) is 0 Å². The molecule has 0 aromatic carbocycles. The molecule has 6 nitrogen and oxygen atoms in total. The fourth-order valence-corrected chi connectivity index (χ4v) is 2.74. The van der Waals surface area contributed by atoms with E-state index in [1.54, 1.807) is 0 Å². The van der Waals surface area contributed by atoms with Gasteiger partial charge >= 0.3 is 0 Å². The van der Waals surface area contributed by atoms with E-state index in [1.165, 1.54) is 0 Å². The quantitative estimate of drug-likeness (QED) is 0.847. The first kappa shape index (κ1) is 13.4. The lowest BCUT2D eigenvalue weighted by Crippen LogP contribution is -2.38. The Kier molecular flexibility index (Phi) is 3.65. The van der Waals surface area contributed by atoms with Crippen molar-refractivity contribution in [3.63, 3.8) is 0 Å². The van der Waals surface area contributed by atoms with Crippen molar-refractivity contribution in [3.05, 3.63) is 11.4 Å². The third-order valence-electron chi connectivity index (χ3n) is 4.17. The number of hydrogen-bond acceptors (Lipinski definition) is 4. The van der Waals surface area contributed by atoms with Crippen LogP contribution >= 0.6 is 0 Å². The number of H-pyrrole nitrogens is 1. The fraction of sp³-hybridized carbons (Fsp3) is 0.714. The Morgan fingerprint density at radius 3 is 2.85 bits per heavy atom. The summed E-state index contributed by atoms with van der Waals surface area (Å²) in [6, 6.07) is 0.365. The second kappa shape index (κ2) is 5.44. The van der Waals surface area contributed by atoms with Gasteiger partial charge in [-0.25, -0.2) is 0 Å². The number of nitrogens with zero attached hydrogens (tertiary/aromatic N) is 2. The smallest absolute Gasteiger partial charge is 0.276 e. The number of aryl methyl sites for hydroxylation is 1. The topological polar surface area (TPSA) is 84.2 Å². The van der Waals surface area contributed by atoms with E-state index in [0.717, 1.165) is 51.1 Å². The lowest BCUT2D eigenvalue weighted by Gasteiger charge is -2.24. The number of carbonyl (C=O) groups excluding carboxylic acids is 1. The predicted octanol–water partition coefficient (Wildman–Crippen LogP) is 1.20. The molecule has 0 radical (unpaired) electrons. The van der Waals surface area contributed by atoms with Crippen LogP contribution in [0.2, 0.25) is 0 Å². The summed E-state index contributed by atoms with van der Waals surface area (Å²) < 4.78 is 5.40. The van der Waals surface area contributed by atoms with Crippen molar-refractivity contribution >= 4 is 11.6 Å². The monoisotopic (exact) mass is 278 g/mol. The highest BCUT2D eigenvalue weighted by atomic mass is 16.5. The van der Waals surface area contributed by atoms with Gasteiger partial charge in [-0.1, -0.05) is 6.92 Å². The molecule has 2 aliphatic rings. The van der Waals surface area contributed by atoms with Crippen LogP contribution in [0.1, 0.15) is 42.4 Å². The van der Waals surface area contributed by atoms with E-state index < -0.39 is 0 Å². The summed E-state index contributed by atoms with van der Waals surface area (Å²) >= 11 is 0. The first-order valence-corrected chi connectivity index (χ1v) is 7.42. The van der Waals surface area contributed by atoms with Crippen molar-refractivity contribution in [1.29, 1.82) is 0 Å². The van der Waals surface area contributed by atoms with Crippen LogP contribution in [0.5, 0.6) is 0 Å². The normalized spacial score (nSPS) is 22.1. The minimum atomic E-state index is -0.0344. The standard InChI is InChI=1S/C14H22N4O2/c1-2-11-12(15)13(17-16-11)14(19)18(10-3-4-10)7-9-5-6-20-8-9/h9-10H,2-8,15H2,1H3,(H,16,17). The zero-order valence-electron chi connectivity index (χ0n) is 11.9. The molecule has 2 heterocycles. The summed E-state index contributed by atoms with van der Waals surface area (Å²) in [5.41, 5.74) is 7.74. The number of nitrogens with one attached hydrogen (secondary N) is 1. The summed E-state index contributed by atoms with van der Waals surface area (Å²) in [4.78, 5) is 14.6. The minimum Gasteiger partial charge on any atom is -0.395 e. The van der Waals surface area contributed by atoms with Crippen LogP contribution in [0.15, 0.2) is 0 Å². The number of carbonyl (C=O) groups is 1. The van der Waals surface area contributed by atoms with Gasteiger partial charge in [-0.2, -0.15) is 5.10 Å². The van der Waals surface area contributed by atoms with Crippen molar-refractivity contribution in [3.8, 4) is 0 Å². The van der Waals surface area contributed by atoms with E-state index in [4.69, 9.17) is 10.5 Å². The van der Waals surface area contributed by atoms with E-state index in [9.17, 15) is 4.79 Å². The maximum absolute atomic E-state index is 12.7. The average molecular weight is 278 g/mol. The molecule has 3 rings (SSSR count). The molecule has 1 atom stereocenters. The van der Waals surface area contributed by atoms with Crippen molar-refractivity contribution in [1.82, 2.24) is 15.1 Å². The highest BCUT2D eigenvalue weighted by Crippen LogP contribution is 2.31. The number of hydrogen-bond donors (Lipinski definition) is 2. The number of aromatic nitrogens is 2. The predicted molar refractivity (Wildman–Crippen MR) is 75.4 cm³/mol. The lowest BCUT2D eigenvalue weighted by molar-refractivity contribution is 0.0701. The Labute approximate surface area is 118 Å². The van der Waals surface area contributed by atoms with Crippen molar-refractivity contribution in [2.45, 2.75) is 38.6 Å². The van der Waals surface area contributed by atoms with Gasteiger partial charge in [0, 0.05) is 25.1 Å². The number of nitrogens with two attached hydrogens (primary N) is 1. The second-order valence-corrected chi connectivity index (χ2v) is 5.74. The molecule has 2 fully saturated rings. The number of nitrogen functional groups attached to an aromatic ring is 1. The highest BCUT2D eigenvalue weighted by molar-refractivity contribution is 5.98. The van der Waals surface area contributed by atoms with Crippen LogP contribution in [0, 0.1) is 5.92 Å². The Hall–Kier alpha value is -1.56. The van der Waals surface area contributed by atoms with Gasteiger partial charge in [0.25, 0.3) is 5.91 Å². The second-order valence-electron chi connectivity index (χ2n) is 5.74. The number of rotatable bonds is 5. The maximum Gasteiger partial charge on any atom is 0.276 e. The van der Waals surface area contributed by atoms with Gasteiger partial charge in [-0.3, -0.25) is 9.89 Å². The zero-order chi connectivity index (χ0) is 14.1. The average Bonchev–Trinajstić information content (AvgIpc) is 3.02. The van der Waals surface area contributed by atoms with Crippen LogP contribution in [-0.4, -0.2) is 46.8 Å². The molecule has 110 valence electrons. The van der Waals surface area contributed by atoms with Gasteiger partial charge < -0.3 is 15.4 Å². The first-order chi connectivity index (χ1) is 9.70. The first-order valence-electron chi connectivity index (χ1n) is 7.42. The van der Waals surface area contributed by atoms with E-state index in [0.29, 0.717) is 23.3 Å². The number of aromatic amines is 1. The van der Waals surface area contributed by atoms with E-state index >= 15 is 0 Å². The molecule has 0 bridgehead atoms. The molecule has 1 saturated carbocycles. The van der Waals surface area contributed by atoms with Crippen LogP contribution in [0.3, 0.4) is 0 Å². The molecule has 1 aromatic heterocycles. The van der Waals surface area contributed by atoms with Crippen molar-refractivity contribution < 1.29 is 9.53 Å². The lowest BCUT2D eigenvalue weighted by atomic mass is 10.1. The molecule has 1 aromatic rings.